The van der Waals surface area contributed by atoms with Crippen LogP contribution in [0.25, 0.3) is 10.9 Å². The van der Waals surface area contributed by atoms with Crippen LogP contribution >= 0.6 is 0 Å². The number of H-pyrrole nitrogens is 1. The first-order valence-corrected chi connectivity index (χ1v) is 7.40. The quantitative estimate of drug-likeness (QED) is 0.655. The number of fused-ring (bicyclic) bond motifs is 1. The Morgan fingerprint density at radius 1 is 1.14 bits per heavy atom. The molecule has 0 aliphatic rings. The second-order valence-electron chi connectivity index (χ2n) is 5.34. The van der Waals surface area contributed by atoms with Crippen molar-refractivity contribution in [2.75, 3.05) is 13.2 Å². The highest BCUT2D eigenvalue weighted by Crippen LogP contribution is 2.28. The van der Waals surface area contributed by atoms with Crippen molar-refractivity contribution in [3.63, 3.8) is 0 Å². The number of aliphatic hydroxyl groups is 1. The fourth-order valence-corrected chi connectivity index (χ4v) is 2.59. The summed E-state index contributed by atoms with van der Waals surface area (Å²) in [5.41, 5.74) is 8.92. The van der Waals surface area contributed by atoms with Gasteiger partial charge in [0.25, 0.3) is 0 Å². The number of ether oxygens (including phenoxy) is 1. The summed E-state index contributed by atoms with van der Waals surface area (Å²) in [6.07, 6.45) is 1.92. The molecule has 22 heavy (non-hydrogen) atoms. The van der Waals surface area contributed by atoms with Gasteiger partial charge in [-0.05, 0) is 29.3 Å². The average Bonchev–Trinajstić information content (AvgIpc) is 2.98. The van der Waals surface area contributed by atoms with Crippen molar-refractivity contribution in [1.82, 2.24) is 4.98 Å². The predicted octanol–water partition coefficient (Wildman–Crippen LogP) is 2.78. The molecule has 4 heteroatoms. The van der Waals surface area contributed by atoms with Crippen LogP contribution in [0.5, 0.6) is 5.75 Å². The minimum Gasteiger partial charge on any atom is -0.489 e. The minimum absolute atomic E-state index is 0.0402. The number of hydrogen-bond donors (Lipinski definition) is 3. The zero-order valence-electron chi connectivity index (χ0n) is 12.3. The molecule has 3 rings (SSSR count). The molecular weight excluding hydrogens is 276 g/mol. The molecule has 0 saturated carbocycles. The van der Waals surface area contributed by atoms with Gasteiger partial charge in [-0.3, -0.25) is 0 Å². The van der Waals surface area contributed by atoms with E-state index in [1.807, 2.05) is 54.7 Å². The summed E-state index contributed by atoms with van der Waals surface area (Å²) < 4.78 is 5.86. The van der Waals surface area contributed by atoms with E-state index in [0.29, 0.717) is 13.2 Å². The maximum absolute atomic E-state index is 9.45. The summed E-state index contributed by atoms with van der Waals surface area (Å²) in [5, 5.41) is 10.5. The van der Waals surface area contributed by atoms with Gasteiger partial charge in [0.15, 0.2) is 0 Å². The van der Waals surface area contributed by atoms with Crippen molar-refractivity contribution in [1.29, 1.82) is 0 Å². The molecule has 0 amide bonds. The second-order valence-corrected chi connectivity index (χ2v) is 5.34. The highest BCUT2D eigenvalue weighted by molar-refractivity contribution is 5.85. The minimum atomic E-state index is -0.0573. The van der Waals surface area contributed by atoms with Gasteiger partial charge >= 0.3 is 0 Å². The van der Waals surface area contributed by atoms with Gasteiger partial charge in [-0.1, -0.05) is 30.3 Å². The molecule has 0 aliphatic carbocycles. The maximum Gasteiger partial charge on any atom is 0.120 e. The molecule has 4 nitrogen and oxygen atoms in total. The Kier molecular flexibility index (Phi) is 4.42. The third kappa shape index (κ3) is 2.98. The van der Waals surface area contributed by atoms with Crippen molar-refractivity contribution >= 4 is 10.9 Å². The number of nitrogens with one attached hydrogen (secondary N) is 1. The smallest absolute Gasteiger partial charge is 0.120 e. The van der Waals surface area contributed by atoms with Gasteiger partial charge in [0.2, 0.25) is 0 Å². The summed E-state index contributed by atoms with van der Waals surface area (Å²) in [5.74, 6) is 0.754. The number of aliphatic hydroxyl groups excluding tert-OH is 1. The van der Waals surface area contributed by atoms with Gasteiger partial charge in [0.05, 0.1) is 6.61 Å². The third-order valence-electron chi connectivity index (χ3n) is 3.88. The van der Waals surface area contributed by atoms with Crippen molar-refractivity contribution < 1.29 is 9.84 Å². The summed E-state index contributed by atoms with van der Waals surface area (Å²) in [6, 6.07) is 16.0. The Labute approximate surface area is 129 Å². The topological polar surface area (TPSA) is 71.3 Å². The van der Waals surface area contributed by atoms with Crippen LogP contribution in [0.15, 0.2) is 54.7 Å². The number of aromatic amines is 1. The molecule has 1 aromatic heterocycles. The lowest BCUT2D eigenvalue weighted by Gasteiger charge is -2.11. The van der Waals surface area contributed by atoms with Crippen LogP contribution in [0.2, 0.25) is 0 Å². The lowest BCUT2D eigenvalue weighted by molar-refractivity contribution is 0.268. The highest BCUT2D eigenvalue weighted by atomic mass is 16.5. The Morgan fingerprint density at radius 2 is 1.95 bits per heavy atom. The van der Waals surface area contributed by atoms with E-state index in [4.69, 9.17) is 10.5 Å². The Hall–Kier alpha value is -2.30. The van der Waals surface area contributed by atoms with Crippen LogP contribution in [0.1, 0.15) is 17.0 Å². The van der Waals surface area contributed by atoms with E-state index in [-0.39, 0.29) is 12.5 Å². The molecule has 3 aromatic rings. The first-order valence-electron chi connectivity index (χ1n) is 7.40. The molecule has 0 fully saturated rings. The highest BCUT2D eigenvalue weighted by Gasteiger charge is 2.14. The standard InChI is InChI=1S/C18H20N2O2/c19-9-14(11-21)17-10-20-18-7-6-15(8-16(17)18)22-12-13-4-2-1-3-5-13/h1-8,10,14,20-21H,9,11-12,19H2. The van der Waals surface area contributed by atoms with Gasteiger partial charge in [-0.15, -0.1) is 0 Å². The maximum atomic E-state index is 9.45. The van der Waals surface area contributed by atoms with Crippen LogP contribution in [-0.2, 0) is 6.61 Å². The number of rotatable bonds is 6. The fourth-order valence-electron chi connectivity index (χ4n) is 2.59. The number of benzene rings is 2. The van der Waals surface area contributed by atoms with E-state index in [2.05, 4.69) is 4.98 Å². The van der Waals surface area contributed by atoms with Gasteiger partial charge in [-0.2, -0.15) is 0 Å². The van der Waals surface area contributed by atoms with Crippen molar-refractivity contribution in [3.8, 4) is 5.75 Å². The summed E-state index contributed by atoms with van der Waals surface area (Å²) in [6.45, 7) is 0.990. The van der Waals surface area contributed by atoms with Crippen LogP contribution in [0.4, 0.5) is 0 Å². The molecule has 4 N–H and O–H groups in total. The molecule has 2 aromatic carbocycles. The molecule has 0 radical (unpaired) electrons. The molecule has 114 valence electrons. The van der Waals surface area contributed by atoms with Crippen LogP contribution in [0, 0.1) is 0 Å². The molecular formula is C18H20N2O2. The number of hydrogen-bond acceptors (Lipinski definition) is 3. The molecule has 0 saturated heterocycles. The van der Waals surface area contributed by atoms with E-state index in [1.54, 1.807) is 0 Å². The van der Waals surface area contributed by atoms with Gasteiger partial charge in [0.1, 0.15) is 12.4 Å². The molecule has 0 bridgehead atoms. The molecule has 0 spiro atoms. The second kappa shape index (κ2) is 6.64. The normalized spacial score (nSPS) is 12.5. The largest absolute Gasteiger partial charge is 0.489 e. The fraction of sp³-hybridized carbons (Fsp3) is 0.222. The van der Waals surface area contributed by atoms with Crippen LogP contribution in [0.3, 0.4) is 0 Å². The van der Waals surface area contributed by atoms with Crippen molar-refractivity contribution in [3.05, 3.63) is 65.9 Å². The summed E-state index contributed by atoms with van der Waals surface area (Å²) in [4.78, 5) is 3.22. The van der Waals surface area contributed by atoms with Crippen LogP contribution in [-0.4, -0.2) is 23.2 Å². The Bertz CT molecular complexity index is 733. The zero-order valence-corrected chi connectivity index (χ0v) is 12.3. The molecule has 1 atom stereocenters. The van der Waals surface area contributed by atoms with Gasteiger partial charge in [0, 0.05) is 29.6 Å². The van der Waals surface area contributed by atoms with Crippen molar-refractivity contribution in [2.24, 2.45) is 5.73 Å². The Morgan fingerprint density at radius 3 is 2.68 bits per heavy atom. The summed E-state index contributed by atoms with van der Waals surface area (Å²) in [7, 11) is 0. The lowest BCUT2D eigenvalue weighted by atomic mass is 9.99. The van der Waals surface area contributed by atoms with Gasteiger partial charge in [-0.25, -0.2) is 0 Å². The third-order valence-corrected chi connectivity index (χ3v) is 3.88. The molecule has 0 aliphatic heterocycles. The summed E-state index contributed by atoms with van der Waals surface area (Å²) >= 11 is 0. The average molecular weight is 296 g/mol. The Balaban J connectivity index is 1.84. The number of nitrogens with two attached hydrogens (primary N) is 1. The lowest BCUT2D eigenvalue weighted by Crippen LogP contribution is -2.15. The SMILES string of the molecule is NCC(CO)c1c[nH]c2ccc(OCc3ccccc3)cc12. The van der Waals surface area contributed by atoms with E-state index in [0.717, 1.165) is 27.8 Å². The first kappa shape index (κ1) is 14.6. The van der Waals surface area contributed by atoms with Crippen LogP contribution < -0.4 is 10.5 Å². The monoisotopic (exact) mass is 296 g/mol. The van der Waals surface area contributed by atoms with E-state index in [1.165, 1.54) is 0 Å². The van der Waals surface area contributed by atoms with Gasteiger partial charge < -0.3 is 20.6 Å². The number of aromatic nitrogens is 1. The molecule has 1 unspecified atom stereocenters. The molecule has 1 heterocycles. The van der Waals surface area contributed by atoms with Crippen molar-refractivity contribution in [2.45, 2.75) is 12.5 Å². The van der Waals surface area contributed by atoms with E-state index < -0.39 is 0 Å². The first-order chi connectivity index (χ1) is 10.8. The predicted molar refractivity (Wildman–Crippen MR) is 88.0 cm³/mol. The van der Waals surface area contributed by atoms with E-state index >= 15 is 0 Å². The van der Waals surface area contributed by atoms with E-state index in [9.17, 15) is 5.11 Å². The zero-order chi connectivity index (χ0) is 15.4.